The van der Waals surface area contributed by atoms with Crippen molar-refractivity contribution in [3.63, 3.8) is 0 Å². The van der Waals surface area contributed by atoms with Crippen LogP contribution < -0.4 is 10.6 Å². The van der Waals surface area contributed by atoms with Gasteiger partial charge in [-0.25, -0.2) is 9.48 Å². The molecule has 11 heteroatoms. The number of para-hydroxylation sites is 1. The first-order valence-corrected chi connectivity index (χ1v) is 12.4. The lowest BCUT2D eigenvalue weighted by molar-refractivity contribution is -0.137. The minimum absolute atomic E-state index is 0.0299. The van der Waals surface area contributed by atoms with Gasteiger partial charge < -0.3 is 15.5 Å². The second-order valence-corrected chi connectivity index (χ2v) is 10.8. The number of rotatable bonds is 7. The second kappa shape index (κ2) is 11.5. The van der Waals surface area contributed by atoms with Crippen LogP contribution in [0.15, 0.2) is 54.6 Å². The number of urea groups is 1. The van der Waals surface area contributed by atoms with Gasteiger partial charge in [0.05, 0.1) is 22.0 Å². The van der Waals surface area contributed by atoms with E-state index in [4.69, 9.17) is 11.6 Å². The van der Waals surface area contributed by atoms with Crippen LogP contribution in [0.25, 0.3) is 5.69 Å². The van der Waals surface area contributed by atoms with Crippen molar-refractivity contribution in [3.8, 4) is 5.69 Å². The number of aromatic nitrogens is 2. The van der Waals surface area contributed by atoms with Gasteiger partial charge in [0.15, 0.2) is 0 Å². The van der Waals surface area contributed by atoms with E-state index in [2.05, 4.69) is 15.7 Å². The van der Waals surface area contributed by atoms with E-state index in [0.717, 1.165) is 17.8 Å². The molecule has 0 aliphatic heterocycles. The molecule has 0 bridgehead atoms. The van der Waals surface area contributed by atoms with Gasteiger partial charge >= 0.3 is 12.2 Å². The molecule has 1 heterocycles. The Morgan fingerprint density at radius 2 is 1.66 bits per heavy atom. The number of benzene rings is 2. The Kier molecular flexibility index (Phi) is 8.76. The van der Waals surface area contributed by atoms with Crippen LogP contribution in [0.1, 0.15) is 45.9 Å². The molecule has 0 radical (unpaired) electrons. The zero-order valence-electron chi connectivity index (χ0n) is 21.9. The van der Waals surface area contributed by atoms with Crippen molar-refractivity contribution < 1.29 is 22.8 Å². The summed E-state index contributed by atoms with van der Waals surface area (Å²) in [5.41, 5.74) is 0.366. The standard InChI is InChI=1S/C27H31ClF3N5O2/c1-17(2)15-35(25(38)32-19-12-10-18(11-13-19)27(29,30)31)16-24(37)33-23-14-22(26(3,4)5)34-36(23)21-9-7-6-8-20(21)28/h6-14,17H,15-16H2,1-5H3,(H,32,38)(H,33,37). The quantitative estimate of drug-likeness (QED) is 0.334. The zero-order chi connectivity index (χ0) is 28.3. The fourth-order valence-electron chi connectivity index (χ4n) is 3.60. The number of carbonyl (C=O) groups is 2. The maximum Gasteiger partial charge on any atom is 0.416 e. The molecule has 0 fully saturated rings. The number of carbonyl (C=O) groups excluding carboxylic acids is 2. The molecule has 0 aliphatic carbocycles. The lowest BCUT2D eigenvalue weighted by atomic mass is 9.92. The Labute approximate surface area is 225 Å². The average Bonchev–Trinajstić information content (AvgIpc) is 3.22. The number of nitrogens with one attached hydrogen (secondary N) is 2. The van der Waals surface area contributed by atoms with Crippen LogP contribution in [-0.2, 0) is 16.4 Å². The fourth-order valence-corrected chi connectivity index (χ4v) is 3.82. The van der Waals surface area contributed by atoms with Crippen LogP contribution in [0, 0.1) is 5.92 Å². The third-order valence-corrected chi connectivity index (χ3v) is 5.82. The Hall–Kier alpha value is -3.53. The number of hydrogen-bond acceptors (Lipinski definition) is 3. The van der Waals surface area contributed by atoms with Crippen LogP contribution in [0.4, 0.5) is 29.5 Å². The van der Waals surface area contributed by atoms with E-state index in [1.165, 1.54) is 17.0 Å². The number of nitrogens with zero attached hydrogens (tertiary/aromatic N) is 3. The van der Waals surface area contributed by atoms with E-state index in [1.807, 2.05) is 34.6 Å². The monoisotopic (exact) mass is 549 g/mol. The van der Waals surface area contributed by atoms with Crippen LogP contribution in [0.2, 0.25) is 5.02 Å². The Morgan fingerprint density at radius 1 is 1.03 bits per heavy atom. The maximum absolute atomic E-state index is 13.1. The Morgan fingerprint density at radius 3 is 2.21 bits per heavy atom. The third kappa shape index (κ3) is 7.50. The van der Waals surface area contributed by atoms with Crippen molar-refractivity contribution in [2.24, 2.45) is 5.92 Å². The highest BCUT2D eigenvalue weighted by Gasteiger charge is 2.30. The van der Waals surface area contributed by atoms with E-state index in [1.54, 1.807) is 35.0 Å². The molecule has 1 aromatic heterocycles. The van der Waals surface area contributed by atoms with Crippen molar-refractivity contribution in [1.29, 1.82) is 0 Å². The molecule has 38 heavy (non-hydrogen) atoms. The lowest BCUT2D eigenvalue weighted by Gasteiger charge is -2.24. The number of anilines is 2. The topological polar surface area (TPSA) is 79.3 Å². The van der Waals surface area contributed by atoms with Gasteiger partial charge in [-0.15, -0.1) is 0 Å². The summed E-state index contributed by atoms with van der Waals surface area (Å²) >= 11 is 6.39. The molecular weight excluding hydrogens is 519 g/mol. The molecule has 0 aliphatic rings. The maximum atomic E-state index is 13.1. The van der Waals surface area contributed by atoms with Gasteiger partial charge in [0.2, 0.25) is 5.91 Å². The highest BCUT2D eigenvalue weighted by atomic mass is 35.5. The second-order valence-electron chi connectivity index (χ2n) is 10.4. The molecule has 0 saturated carbocycles. The van der Waals surface area contributed by atoms with Gasteiger partial charge in [0.1, 0.15) is 12.4 Å². The minimum Gasteiger partial charge on any atom is -0.315 e. The third-order valence-electron chi connectivity index (χ3n) is 5.50. The molecule has 0 saturated heterocycles. The molecular formula is C27H31ClF3N5O2. The first-order chi connectivity index (χ1) is 17.6. The summed E-state index contributed by atoms with van der Waals surface area (Å²) in [4.78, 5) is 27.4. The van der Waals surface area contributed by atoms with Gasteiger partial charge in [-0.05, 0) is 42.3 Å². The number of amides is 3. The summed E-state index contributed by atoms with van der Waals surface area (Å²) < 4.78 is 40.1. The highest BCUT2D eigenvalue weighted by Crippen LogP contribution is 2.30. The average molecular weight is 550 g/mol. The largest absolute Gasteiger partial charge is 0.416 e. The molecule has 0 unspecified atom stereocenters. The van der Waals surface area contributed by atoms with Crippen LogP contribution in [-0.4, -0.2) is 39.7 Å². The van der Waals surface area contributed by atoms with Gasteiger partial charge in [-0.3, -0.25) is 4.79 Å². The fraction of sp³-hybridized carbons (Fsp3) is 0.370. The van der Waals surface area contributed by atoms with E-state index in [0.29, 0.717) is 16.5 Å². The summed E-state index contributed by atoms with van der Waals surface area (Å²) in [5.74, 6) is -0.0511. The molecule has 3 amide bonds. The molecule has 0 atom stereocenters. The molecule has 204 valence electrons. The van der Waals surface area contributed by atoms with E-state index >= 15 is 0 Å². The SMILES string of the molecule is CC(C)CN(CC(=O)Nc1cc(C(C)(C)C)nn1-c1ccccc1Cl)C(=O)Nc1ccc(C(F)(F)F)cc1. The molecule has 0 spiro atoms. The molecule has 2 aromatic carbocycles. The molecule has 3 aromatic rings. The summed E-state index contributed by atoms with van der Waals surface area (Å²) in [7, 11) is 0. The van der Waals surface area contributed by atoms with Crippen molar-refractivity contribution >= 4 is 35.0 Å². The van der Waals surface area contributed by atoms with Crippen LogP contribution >= 0.6 is 11.6 Å². The summed E-state index contributed by atoms with van der Waals surface area (Å²) in [6.45, 7) is 9.71. The predicted octanol–water partition coefficient (Wildman–Crippen LogP) is 6.97. The number of halogens is 4. The summed E-state index contributed by atoms with van der Waals surface area (Å²) in [6, 6.07) is 12.4. The first kappa shape index (κ1) is 29.0. The normalized spacial score (nSPS) is 11.9. The predicted molar refractivity (Wildman–Crippen MR) is 143 cm³/mol. The van der Waals surface area contributed by atoms with Crippen molar-refractivity contribution in [2.75, 3.05) is 23.7 Å². The first-order valence-electron chi connectivity index (χ1n) is 12.0. The summed E-state index contributed by atoms with van der Waals surface area (Å²) in [5, 5.41) is 10.5. The minimum atomic E-state index is -4.48. The van der Waals surface area contributed by atoms with Crippen LogP contribution in [0.5, 0.6) is 0 Å². The molecule has 3 rings (SSSR count). The number of hydrogen-bond donors (Lipinski definition) is 2. The van der Waals surface area contributed by atoms with Crippen LogP contribution in [0.3, 0.4) is 0 Å². The summed E-state index contributed by atoms with van der Waals surface area (Å²) in [6.07, 6.45) is -4.48. The van der Waals surface area contributed by atoms with E-state index in [9.17, 15) is 22.8 Å². The smallest absolute Gasteiger partial charge is 0.315 e. The van der Waals surface area contributed by atoms with Crippen molar-refractivity contribution in [1.82, 2.24) is 14.7 Å². The van der Waals surface area contributed by atoms with Crippen molar-refractivity contribution in [2.45, 2.75) is 46.2 Å². The number of alkyl halides is 3. The molecule has 2 N–H and O–H groups in total. The van der Waals surface area contributed by atoms with E-state index in [-0.39, 0.29) is 30.1 Å². The zero-order valence-corrected chi connectivity index (χ0v) is 22.6. The highest BCUT2D eigenvalue weighted by molar-refractivity contribution is 6.32. The molecule has 7 nitrogen and oxygen atoms in total. The van der Waals surface area contributed by atoms with Gasteiger partial charge in [-0.2, -0.15) is 18.3 Å². The van der Waals surface area contributed by atoms with E-state index < -0.39 is 23.7 Å². The van der Waals surface area contributed by atoms with Gasteiger partial charge in [0, 0.05) is 23.7 Å². The van der Waals surface area contributed by atoms with Crippen molar-refractivity contribution in [3.05, 3.63) is 70.9 Å². The Balaban J connectivity index is 1.80. The van der Waals surface area contributed by atoms with Gasteiger partial charge in [-0.1, -0.05) is 58.4 Å². The Bertz CT molecular complexity index is 1280. The lowest BCUT2D eigenvalue weighted by Crippen LogP contribution is -2.42. The van der Waals surface area contributed by atoms with Gasteiger partial charge in [0.25, 0.3) is 0 Å².